The smallest absolute Gasteiger partial charge is 0.255 e. The summed E-state index contributed by atoms with van der Waals surface area (Å²) in [5.41, 5.74) is 4.06. The number of hydrogen-bond acceptors (Lipinski definition) is 6. The summed E-state index contributed by atoms with van der Waals surface area (Å²) in [6.07, 6.45) is 1.03. The van der Waals surface area contributed by atoms with Crippen LogP contribution in [0.15, 0.2) is 65.0 Å². The number of benzene rings is 2. The molecule has 0 bridgehead atoms. The number of aryl methyl sites for hydroxylation is 1. The molecular formula is C25H29N5O2S. The van der Waals surface area contributed by atoms with E-state index in [-0.39, 0.29) is 5.91 Å². The third-order valence-electron chi connectivity index (χ3n) is 5.34. The zero-order valence-corrected chi connectivity index (χ0v) is 20.2. The maximum atomic E-state index is 13.6. The summed E-state index contributed by atoms with van der Waals surface area (Å²) >= 11 is 1.61. The maximum Gasteiger partial charge on any atom is 0.255 e. The summed E-state index contributed by atoms with van der Waals surface area (Å²) in [4.78, 5) is 18.3. The van der Waals surface area contributed by atoms with Crippen molar-refractivity contribution >= 4 is 29.3 Å². The van der Waals surface area contributed by atoms with Crippen LogP contribution in [0.3, 0.4) is 0 Å². The molecule has 2 N–H and O–H groups in total. The number of allylic oxidation sites excluding steroid dienone is 1. The van der Waals surface area contributed by atoms with Gasteiger partial charge in [0.05, 0.1) is 12.2 Å². The highest BCUT2D eigenvalue weighted by Crippen LogP contribution is 2.40. The molecule has 7 nitrogen and oxygen atoms in total. The molecule has 1 amide bonds. The lowest BCUT2D eigenvalue weighted by atomic mass is 9.94. The molecule has 0 aliphatic carbocycles. The van der Waals surface area contributed by atoms with Gasteiger partial charge in [-0.25, -0.2) is 4.68 Å². The second kappa shape index (κ2) is 10.1. The van der Waals surface area contributed by atoms with E-state index in [2.05, 4.69) is 22.5 Å². The normalized spacial score (nSPS) is 15.1. The molecule has 172 valence electrons. The fraction of sp³-hybridized carbons (Fsp3) is 0.320. The topological polar surface area (TPSA) is 81.1 Å². The van der Waals surface area contributed by atoms with E-state index in [9.17, 15) is 4.79 Å². The van der Waals surface area contributed by atoms with Gasteiger partial charge >= 0.3 is 0 Å². The molecule has 0 saturated heterocycles. The standard InChI is InChI=1S/C25H29N5O2S/c1-5-15-33-25-28-24-26-17(4)21(23(31)27-18-13-11-16(3)12-14-18)22(30(24)29-25)19-9-7-8-10-20(19)32-6-2/h7-14,22H,5-6,15H2,1-4H3,(H,27,31)(H,26,28,29). The average molecular weight is 464 g/mol. The van der Waals surface area contributed by atoms with Gasteiger partial charge in [0, 0.05) is 22.7 Å². The molecule has 1 aliphatic heterocycles. The zero-order valence-electron chi connectivity index (χ0n) is 19.4. The number of nitrogens with zero attached hydrogens (tertiary/aromatic N) is 3. The Morgan fingerprint density at radius 1 is 1.15 bits per heavy atom. The molecule has 0 spiro atoms. The van der Waals surface area contributed by atoms with Crippen LogP contribution in [0.25, 0.3) is 0 Å². The quantitative estimate of drug-likeness (QED) is 0.435. The van der Waals surface area contributed by atoms with Crippen LogP contribution in [0.5, 0.6) is 5.75 Å². The summed E-state index contributed by atoms with van der Waals surface area (Å²) in [6.45, 7) is 8.52. The number of para-hydroxylation sites is 1. The minimum Gasteiger partial charge on any atom is -0.494 e. The molecule has 0 radical (unpaired) electrons. The number of hydrogen-bond donors (Lipinski definition) is 2. The van der Waals surface area contributed by atoms with Crippen LogP contribution < -0.4 is 15.4 Å². The van der Waals surface area contributed by atoms with Gasteiger partial charge in [-0.15, -0.1) is 5.10 Å². The van der Waals surface area contributed by atoms with E-state index in [4.69, 9.17) is 9.84 Å². The largest absolute Gasteiger partial charge is 0.494 e. The predicted octanol–water partition coefficient (Wildman–Crippen LogP) is 5.41. The number of anilines is 2. The van der Waals surface area contributed by atoms with Gasteiger partial charge < -0.3 is 15.4 Å². The van der Waals surface area contributed by atoms with Crippen LogP contribution in [0.2, 0.25) is 0 Å². The number of carbonyl (C=O) groups excluding carboxylic acids is 1. The van der Waals surface area contributed by atoms with Gasteiger partial charge in [0.15, 0.2) is 0 Å². The second-order valence-corrected chi connectivity index (χ2v) is 8.93. The number of amides is 1. The van der Waals surface area contributed by atoms with Crippen LogP contribution in [0.1, 0.15) is 44.4 Å². The number of rotatable bonds is 8. The molecule has 1 aliphatic rings. The van der Waals surface area contributed by atoms with E-state index >= 15 is 0 Å². The third kappa shape index (κ3) is 4.90. The van der Waals surface area contributed by atoms with Crippen LogP contribution in [0.4, 0.5) is 11.6 Å². The van der Waals surface area contributed by atoms with Crippen LogP contribution >= 0.6 is 11.8 Å². The lowest BCUT2D eigenvalue weighted by Crippen LogP contribution is -2.31. The Morgan fingerprint density at radius 2 is 1.91 bits per heavy atom. The summed E-state index contributed by atoms with van der Waals surface area (Å²) < 4.78 is 7.73. The molecule has 33 heavy (non-hydrogen) atoms. The zero-order chi connectivity index (χ0) is 23.4. The van der Waals surface area contributed by atoms with Crippen molar-refractivity contribution in [1.29, 1.82) is 0 Å². The Labute approximate surface area is 198 Å². The van der Waals surface area contributed by atoms with Crippen LogP contribution in [0, 0.1) is 6.92 Å². The number of thioether (sulfide) groups is 1. The van der Waals surface area contributed by atoms with Crippen LogP contribution in [-0.4, -0.2) is 33.0 Å². The highest BCUT2D eigenvalue weighted by Gasteiger charge is 2.36. The van der Waals surface area contributed by atoms with Gasteiger partial charge in [0.2, 0.25) is 11.1 Å². The fourth-order valence-electron chi connectivity index (χ4n) is 3.80. The van der Waals surface area contributed by atoms with Crippen molar-refractivity contribution < 1.29 is 9.53 Å². The van der Waals surface area contributed by atoms with E-state index in [1.54, 1.807) is 16.4 Å². The highest BCUT2D eigenvalue weighted by molar-refractivity contribution is 7.99. The third-order valence-corrected chi connectivity index (χ3v) is 6.38. The maximum absolute atomic E-state index is 13.6. The highest BCUT2D eigenvalue weighted by atomic mass is 32.2. The molecule has 0 saturated carbocycles. The number of aromatic nitrogens is 3. The Kier molecular flexibility index (Phi) is 7.03. The Bertz CT molecular complexity index is 1170. The number of carbonyl (C=O) groups is 1. The second-order valence-electron chi connectivity index (χ2n) is 7.87. The number of nitrogens with one attached hydrogen (secondary N) is 2. The van der Waals surface area contributed by atoms with Crippen molar-refractivity contribution in [2.45, 2.75) is 45.3 Å². The van der Waals surface area contributed by atoms with Gasteiger partial charge in [-0.05, 0) is 45.4 Å². The number of ether oxygens (including phenoxy) is 1. The van der Waals surface area contributed by atoms with Gasteiger partial charge in [0.1, 0.15) is 11.8 Å². The monoisotopic (exact) mass is 463 g/mol. The molecule has 1 atom stereocenters. The fourth-order valence-corrected chi connectivity index (χ4v) is 4.48. The summed E-state index contributed by atoms with van der Waals surface area (Å²) in [7, 11) is 0. The summed E-state index contributed by atoms with van der Waals surface area (Å²) in [5, 5.41) is 11.8. The van der Waals surface area contributed by atoms with Crippen molar-refractivity contribution in [3.05, 3.63) is 70.9 Å². The van der Waals surface area contributed by atoms with Gasteiger partial charge in [0.25, 0.3) is 5.91 Å². The average Bonchev–Trinajstić information content (AvgIpc) is 3.21. The van der Waals surface area contributed by atoms with E-state index in [1.807, 2.05) is 69.3 Å². The molecule has 1 aromatic heterocycles. The first kappa shape index (κ1) is 22.9. The van der Waals surface area contributed by atoms with Crippen molar-refractivity contribution in [3.63, 3.8) is 0 Å². The first-order valence-electron chi connectivity index (χ1n) is 11.2. The lowest BCUT2D eigenvalue weighted by molar-refractivity contribution is -0.113. The summed E-state index contributed by atoms with van der Waals surface area (Å²) in [5.74, 6) is 2.08. The molecule has 1 unspecified atom stereocenters. The molecule has 3 aromatic rings. The molecule has 8 heteroatoms. The molecule has 2 aromatic carbocycles. The van der Waals surface area contributed by atoms with E-state index < -0.39 is 6.04 Å². The van der Waals surface area contributed by atoms with Gasteiger partial charge in [-0.2, -0.15) is 4.98 Å². The first-order chi connectivity index (χ1) is 16.0. The van der Waals surface area contributed by atoms with E-state index in [0.29, 0.717) is 23.3 Å². The predicted molar refractivity (Wildman–Crippen MR) is 133 cm³/mol. The Hall–Kier alpha value is -3.26. The molecule has 2 heterocycles. The SMILES string of the molecule is CCCSc1nc2n(n1)C(c1ccccc1OCC)C(C(=O)Nc1ccc(C)cc1)=C(C)N2. The van der Waals surface area contributed by atoms with E-state index in [0.717, 1.165) is 40.4 Å². The van der Waals surface area contributed by atoms with E-state index in [1.165, 1.54) is 0 Å². The van der Waals surface area contributed by atoms with Crippen molar-refractivity contribution in [1.82, 2.24) is 14.8 Å². The molecule has 0 fully saturated rings. The minimum atomic E-state index is -0.474. The first-order valence-corrected chi connectivity index (χ1v) is 12.2. The Morgan fingerprint density at radius 3 is 2.64 bits per heavy atom. The van der Waals surface area contributed by atoms with Crippen LogP contribution in [-0.2, 0) is 4.79 Å². The minimum absolute atomic E-state index is 0.191. The van der Waals surface area contributed by atoms with Crippen molar-refractivity contribution in [2.24, 2.45) is 0 Å². The lowest BCUT2D eigenvalue weighted by Gasteiger charge is -2.29. The van der Waals surface area contributed by atoms with Crippen molar-refractivity contribution in [2.75, 3.05) is 23.0 Å². The van der Waals surface area contributed by atoms with Gasteiger partial charge in [-0.1, -0.05) is 54.6 Å². The molecular weight excluding hydrogens is 434 g/mol. The Balaban J connectivity index is 1.79. The molecule has 4 rings (SSSR count). The van der Waals surface area contributed by atoms with Crippen molar-refractivity contribution in [3.8, 4) is 5.75 Å². The van der Waals surface area contributed by atoms with Gasteiger partial charge in [-0.3, -0.25) is 4.79 Å². The number of fused-ring (bicyclic) bond motifs is 1. The summed E-state index contributed by atoms with van der Waals surface area (Å²) in [6, 6.07) is 15.1.